The Morgan fingerprint density at radius 3 is 2.39 bits per heavy atom. The van der Waals surface area contributed by atoms with Gasteiger partial charge in [-0.2, -0.15) is 8.42 Å². The fourth-order valence-electron chi connectivity index (χ4n) is 1.65. The predicted molar refractivity (Wildman–Crippen MR) is 75.6 cm³/mol. The summed E-state index contributed by atoms with van der Waals surface area (Å²) in [6.45, 7) is 4.95. The first-order chi connectivity index (χ1) is 8.00. The van der Waals surface area contributed by atoms with E-state index in [1.807, 2.05) is 18.2 Å². The van der Waals surface area contributed by atoms with Crippen molar-refractivity contribution in [3.05, 3.63) is 54.8 Å². The van der Waals surface area contributed by atoms with E-state index in [2.05, 4.69) is 6.58 Å². The first-order valence-electron chi connectivity index (χ1n) is 5.08. The third-order valence-electron chi connectivity index (χ3n) is 2.27. The quantitative estimate of drug-likeness (QED) is 0.494. The molecule has 3 nitrogen and oxygen atoms in total. The van der Waals surface area contributed by atoms with Gasteiger partial charge >= 0.3 is 47.9 Å². The van der Waals surface area contributed by atoms with Gasteiger partial charge in [0.25, 0.3) is 0 Å². The van der Waals surface area contributed by atoms with Gasteiger partial charge in [0.15, 0.2) is 0 Å². The number of rotatable bonds is 3. The molecule has 0 aromatic heterocycles. The number of benzene rings is 2. The molecule has 0 aliphatic rings. The van der Waals surface area contributed by atoms with Crippen molar-refractivity contribution >= 4 is 58.6 Å². The van der Waals surface area contributed by atoms with Gasteiger partial charge < -0.3 is 4.18 Å². The molecule has 92 valence electrons. The minimum atomic E-state index is -3.79. The number of allylic oxidation sites excluding steroid dienone is 1. The molecule has 2 aromatic rings. The average molecular weight is 290 g/mol. The van der Waals surface area contributed by atoms with Crippen LogP contribution >= 0.6 is 0 Å². The van der Waals surface area contributed by atoms with Crippen molar-refractivity contribution in [3.63, 3.8) is 0 Å². The van der Waals surface area contributed by atoms with E-state index in [9.17, 15) is 8.42 Å². The second-order valence-electron chi connectivity index (χ2n) is 3.72. The molecular weight excluding hydrogens is 276 g/mol. The van der Waals surface area contributed by atoms with Gasteiger partial charge in [-0.1, -0.05) is 43.0 Å². The van der Waals surface area contributed by atoms with Crippen molar-refractivity contribution in [2.24, 2.45) is 0 Å². The molecule has 0 heterocycles. The Bertz CT molecular complexity index is 672. The van der Waals surface area contributed by atoms with Crippen molar-refractivity contribution in [2.75, 3.05) is 0 Å². The second-order valence-corrected chi connectivity index (χ2v) is 5.23. The first kappa shape index (κ1) is 15.5. The van der Waals surface area contributed by atoms with Crippen LogP contribution in [0.15, 0.2) is 59.7 Å². The van der Waals surface area contributed by atoms with Crippen molar-refractivity contribution in [2.45, 2.75) is 11.8 Å². The molecule has 18 heavy (non-hydrogen) atoms. The van der Waals surface area contributed by atoms with E-state index in [4.69, 9.17) is 4.18 Å². The summed E-state index contributed by atoms with van der Waals surface area (Å²) in [5, 5.41) is 1.51. The molecule has 0 bridgehead atoms. The van der Waals surface area contributed by atoms with Crippen molar-refractivity contribution in [1.82, 2.24) is 0 Å². The molecule has 0 radical (unpaired) electrons. The van der Waals surface area contributed by atoms with Crippen LogP contribution in [-0.2, 0) is 14.3 Å². The summed E-state index contributed by atoms with van der Waals surface area (Å²) in [5.74, 6) is 0.151. The van der Waals surface area contributed by atoms with Gasteiger partial charge in [0.1, 0.15) is 10.7 Å². The standard InChI is InChI=1S/C13H12O3S.Ca.2H/c1-10(2)16-17(14,15)13-9-5-7-11-6-3-4-8-12(11)13;;;/h3-9H,1H2,2H3;;;. The Morgan fingerprint density at radius 1 is 1.11 bits per heavy atom. The predicted octanol–water partition coefficient (Wildman–Crippen LogP) is 2.16. The molecule has 0 saturated heterocycles. The van der Waals surface area contributed by atoms with Crippen LogP contribution in [0.3, 0.4) is 0 Å². The monoisotopic (exact) mass is 290 g/mol. The molecule has 0 unspecified atom stereocenters. The second kappa shape index (κ2) is 6.06. The van der Waals surface area contributed by atoms with E-state index in [1.54, 1.807) is 18.2 Å². The Labute approximate surface area is 137 Å². The summed E-state index contributed by atoms with van der Waals surface area (Å²) < 4.78 is 28.8. The van der Waals surface area contributed by atoms with E-state index in [-0.39, 0.29) is 48.4 Å². The van der Waals surface area contributed by atoms with Gasteiger partial charge in [0.2, 0.25) is 0 Å². The van der Waals surface area contributed by atoms with Gasteiger partial charge in [0.05, 0.1) is 0 Å². The van der Waals surface area contributed by atoms with Crippen LogP contribution in [0.25, 0.3) is 10.8 Å². The zero-order valence-electron chi connectivity index (χ0n) is 9.38. The molecule has 0 aliphatic heterocycles. The van der Waals surface area contributed by atoms with Crippen LogP contribution in [0, 0.1) is 0 Å². The molecule has 2 aromatic carbocycles. The third-order valence-corrected chi connectivity index (χ3v) is 3.67. The van der Waals surface area contributed by atoms with Gasteiger partial charge in [0, 0.05) is 5.39 Å². The van der Waals surface area contributed by atoms with E-state index in [0.717, 1.165) is 5.39 Å². The third kappa shape index (κ3) is 3.26. The topological polar surface area (TPSA) is 43.4 Å². The van der Waals surface area contributed by atoms with Gasteiger partial charge in [-0.3, -0.25) is 0 Å². The minimum absolute atomic E-state index is 0. The van der Waals surface area contributed by atoms with Gasteiger partial charge in [-0.15, -0.1) is 0 Å². The molecule has 0 saturated carbocycles. The average Bonchev–Trinajstić information content (AvgIpc) is 2.26. The van der Waals surface area contributed by atoms with Crippen LogP contribution in [0.5, 0.6) is 0 Å². The van der Waals surface area contributed by atoms with E-state index in [1.165, 1.54) is 13.0 Å². The summed E-state index contributed by atoms with van der Waals surface area (Å²) in [6, 6.07) is 12.3. The van der Waals surface area contributed by atoms with Crippen molar-refractivity contribution in [1.29, 1.82) is 0 Å². The van der Waals surface area contributed by atoms with Crippen LogP contribution in [-0.4, -0.2) is 46.2 Å². The number of hydrogen-bond acceptors (Lipinski definition) is 3. The molecule has 2 rings (SSSR count). The Morgan fingerprint density at radius 2 is 1.72 bits per heavy atom. The summed E-state index contributed by atoms with van der Waals surface area (Å²) in [7, 11) is -3.79. The van der Waals surface area contributed by atoms with Crippen molar-refractivity contribution in [3.8, 4) is 0 Å². The number of hydrogen-bond donors (Lipinski definition) is 0. The normalized spacial score (nSPS) is 10.7. The Kier molecular flexibility index (Phi) is 5.22. The Balaban J connectivity index is 0.00000162. The molecule has 0 N–H and O–H groups in total. The fraction of sp³-hybridized carbons (Fsp3) is 0.0769. The summed E-state index contributed by atoms with van der Waals surface area (Å²) in [6.07, 6.45) is 0. The van der Waals surface area contributed by atoms with Crippen molar-refractivity contribution < 1.29 is 12.6 Å². The fourth-order valence-corrected chi connectivity index (χ4v) is 2.81. The van der Waals surface area contributed by atoms with E-state index in [0.29, 0.717) is 5.39 Å². The summed E-state index contributed by atoms with van der Waals surface area (Å²) >= 11 is 0. The summed E-state index contributed by atoms with van der Waals surface area (Å²) in [5.41, 5.74) is 0. The van der Waals surface area contributed by atoms with Gasteiger partial charge in [-0.05, 0) is 18.4 Å². The summed E-state index contributed by atoms with van der Waals surface area (Å²) in [4.78, 5) is 0.165. The molecular formula is C13H14CaO3S. The Hall–Kier alpha value is -0.550. The maximum absolute atomic E-state index is 12.0. The zero-order valence-corrected chi connectivity index (χ0v) is 10.2. The van der Waals surface area contributed by atoms with Crippen LogP contribution < -0.4 is 0 Å². The van der Waals surface area contributed by atoms with E-state index >= 15 is 0 Å². The zero-order chi connectivity index (χ0) is 12.5. The van der Waals surface area contributed by atoms with Crippen LogP contribution in [0.2, 0.25) is 0 Å². The molecule has 0 aliphatic carbocycles. The molecule has 0 spiro atoms. The number of fused-ring (bicyclic) bond motifs is 1. The maximum atomic E-state index is 12.0. The van der Waals surface area contributed by atoms with Gasteiger partial charge in [-0.25, -0.2) is 0 Å². The molecule has 5 heteroatoms. The van der Waals surface area contributed by atoms with Crippen LogP contribution in [0.4, 0.5) is 0 Å². The molecule has 0 amide bonds. The first-order valence-corrected chi connectivity index (χ1v) is 6.49. The molecule has 0 atom stereocenters. The SMILES string of the molecule is C=C(C)OS(=O)(=O)c1cccc2ccccc12.[CaH2]. The van der Waals surface area contributed by atoms with Crippen LogP contribution in [0.1, 0.15) is 6.92 Å². The van der Waals surface area contributed by atoms with E-state index < -0.39 is 10.1 Å². The molecule has 0 fully saturated rings.